The average Bonchev–Trinajstić information content (AvgIpc) is 2.75. The van der Waals surface area contributed by atoms with Crippen molar-refractivity contribution in [1.29, 1.82) is 0 Å². The van der Waals surface area contributed by atoms with Crippen molar-refractivity contribution in [3.8, 4) is 0 Å². The number of carbonyl (C=O) groups excluding carboxylic acids is 1. The third-order valence-corrected chi connectivity index (χ3v) is 4.96. The number of oxime groups is 1. The second kappa shape index (κ2) is 5.54. The van der Waals surface area contributed by atoms with Crippen LogP contribution in [0.25, 0.3) is 0 Å². The molecule has 22 heavy (non-hydrogen) atoms. The lowest BCUT2D eigenvalue weighted by molar-refractivity contribution is -0.144. The van der Waals surface area contributed by atoms with Crippen molar-refractivity contribution in [2.75, 3.05) is 13.1 Å². The number of likely N-dealkylation sites (tertiary alicyclic amines) is 1. The summed E-state index contributed by atoms with van der Waals surface area (Å²) in [7, 11) is 0. The summed E-state index contributed by atoms with van der Waals surface area (Å²) in [5.41, 5.74) is 1.21. The lowest BCUT2D eigenvalue weighted by atomic mass is 9.69. The molecule has 0 N–H and O–H groups in total. The van der Waals surface area contributed by atoms with Crippen LogP contribution in [0.3, 0.4) is 0 Å². The molecule has 0 radical (unpaired) electrons. The summed E-state index contributed by atoms with van der Waals surface area (Å²) in [5.74, 6) is 0.512. The first-order valence-corrected chi connectivity index (χ1v) is 8.44. The van der Waals surface area contributed by atoms with Crippen LogP contribution >= 0.6 is 0 Å². The van der Waals surface area contributed by atoms with Gasteiger partial charge in [-0.15, -0.1) is 0 Å². The molecule has 1 fully saturated rings. The van der Waals surface area contributed by atoms with E-state index in [0.717, 1.165) is 38.1 Å². The van der Waals surface area contributed by atoms with Gasteiger partial charge < -0.3 is 9.74 Å². The van der Waals surface area contributed by atoms with E-state index in [4.69, 9.17) is 4.84 Å². The molecule has 1 spiro atoms. The molecule has 4 nitrogen and oxygen atoms in total. The third kappa shape index (κ3) is 3.64. The van der Waals surface area contributed by atoms with Gasteiger partial charge in [0.15, 0.2) is 0 Å². The molecule has 4 heteroatoms. The van der Waals surface area contributed by atoms with Gasteiger partial charge in [-0.05, 0) is 11.8 Å². The first-order valence-electron chi connectivity index (χ1n) is 8.44. The van der Waals surface area contributed by atoms with E-state index < -0.39 is 0 Å². The van der Waals surface area contributed by atoms with Crippen molar-refractivity contribution in [2.24, 2.45) is 21.9 Å². The predicted molar refractivity (Wildman–Crippen MR) is 89.8 cm³/mol. The second-order valence-corrected chi connectivity index (χ2v) is 9.30. The molecule has 2 aliphatic heterocycles. The van der Waals surface area contributed by atoms with Gasteiger partial charge in [0.05, 0.1) is 5.71 Å². The SMILES string of the molecule is CC(=O)N1CCC2(CC(C(C)(C)C)=NO2)C(CC(C)(C)C)C1. The van der Waals surface area contributed by atoms with Gasteiger partial charge in [-0.2, -0.15) is 0 Å². The van der Waals surface area contributed by atoms with Crippen molar-refractivity contribution in [2.45, 2.75) is 73.3 Å². The minimum Gasteiger partial charge on any atom is -0.388 e. The Morgan fingerprint density at radius 1 is 1.32 bits per heavy atom. The Morgan fingerprint density at radius 2 is 1.95 bits per heavy atom. The molecule has 1 saturated heterocycles. The maximum Gasteiger partial charge on any atom is 0.219 e. The summed E-state index contributed by atoms with van der Waals surface area (Å²) >= 11 is 0. The number of amides is 1. The highest BCUT2D eigenvalue weighted by molar-refractivity contribution is 5.90. The number of hydrogen-bond acceptors (Lipinski definition) is 3. The van der Waals surface area contributed by atoms with Crippen molar-refractivity contribution in [1.82, 2.24) is 4.90 Å². The van der Waals surface area contributed by atoms with Gasteiger partial charge in [-0.3, -0.25) is 4.79 Å². The van der Waals surface area contributed by atoms with Crippen LogP contribution < -0.4 is 0 Å². The Kier molecular flexibility index (Phi) is 4.35. The van der Waals surface area contributed by atoms with Crippen LogP contribution in [0, 0.1) is 16.7 Å². The fourth-order valence-electron chi connectivity index (χ4n) is 3.58. The summed E-state index contributed by atoms with van der Waals surface area (Å²) < 4.78 is 0. The smallest absolute Gasteiger partial charge is 0.219 e. The highest BCUT2D eigenvalue weighted by Gasteiger charge is 2.51. The van der Waals surface area contributed by atoms with Gasteiger partial charge >= 0.3 is 0 Å². The van der Waals surface area contributed by atoms with Crippen LogP contribution in [0.1, 0.15) is 67.7 Å². The Bertz CT molecular complexity index is 470. The number of piperidine rings is 1. The Labute approximate surface area is 135 Å². The molecule has 0 aliphatic carbocycles. The van der Waals surface area contributed by atoms with Gasteiger partial charge in [-0.1, -0.05) is 46.7 Å². The first-order chi connectivity index (χ1) is 9.93. The molecule has 0 aromatic rings. The highest BCUT2D eigenvalue weighted by atomic mass is 16.7. The van der Waals surface area contributed by atoms with Gasteiger partial charge in [0.1, 0.15) is 5.60 Å². The molecule has 0 aromatic heterocycles. The van der Waals surface area contributed by atoms with E-state index in [9.17, 15) is 4.79 Å². The van der Waals surface area contributed by atoms with Crippen molar-refractivity contribution in [3.05, 3.63) is 0 Å². The van der Waals surface area contributed by atoms with E-state index in [1.54, 1.807) is 6.92 Å². The number of hydrogen-bond donors (Lipinski definition) is 0. The highest BCUT2D eigenvalue weighted by Crippen LogP contribution is 2.45. The summed E-state index contributed by atoms with van der Waals surface area (Å²) in [6.45, 7) is 16.6. The van der Waals surface area contributed by atoms with Crippen LogP contribution in [-0.2, 0) is 9.63 Å². The molecule has 0 bridgehead atoms. The normalized spacial score (nSPS) is 29.5. The Hall–Kier alpha value is -1.06. The zero-order valence-electron chi connectivity index (χ0n) is 15.3. The Morgan fingerprint density at radius 3 is 2.41 bits per heavy atom. The van der Waals surface area contributed by atoms with Crippen molar-refractivity contribution in [3.63, 3.8) is 0 Å². The molecule has 2 unspecified atom stereocenters. The summed E-state index contributed by atoms with van der Waals surface area (Å²) in [6, 6.07) is 0. The number of rotatable bonds is 1. The minimum atomic E-state index is -0.207. The van der Waals surface area contributed by atoms with E-state index in [1.807, 2.05) is 4.90 Å². The molecular weight excluding hydrogens is 276 g/mol. The maximum atomic E-state index is 11.8. The number of carbonyl (C=O) groups is 1. The molecule has 0 aromatic carbocycles. The fourth-order valence-corrected chi connectivity index (χ4v) is 3.58. The monoisotopic (exact) mass is 308 g/mol. The predicted octanol–water partition coefficient (Wildman–Crippen LogP) is 3.85. The molecule has 2 atom stereocenters. The van der Waals surface area contributed by atoms with Gasteiger partial charge in [0.25, 0.3) is 0 Å². The summed E-state index contributed by atoms with van der Waals surface area (Å²) in [5, 5.41) is 4.45. The fraction of sp³-hybridized carbons (Fsp3) is 0.889. The van der Waals surface area contributed by atoms with E-state index in [-0.39, 0.29) is 22.3 Å². The van der Waals surface area contributed by atoms with Gasteiger partial charge in [-0.25, -0.2) is 0 Å². The Balaban J connectivity index is 2.21. The third-order valence-electron chi connectivity index (χ3n) is 4.96. The van der Waals surface area contributed by atoms with Crippen molar-refractivity contribution >= 4 is 11.6 Å². The number of nitrogens with zero attached hydrogens (tertiary/aromatic N) is 2. The summed E-state index contributed by atoms with van der Waals surface area (Å²) in [6.07, 6.45) is 2.84. The largest absolute Gasteiger partial charge is 0.388 e. The van der Waals surface area contributed by atoms with Crippen LogP contribution in [0.15, 0.2) is 5.16 Å². The molecular formula is C18H32N2O2. The lowest BCUT2D eigenvalue weighted by Gasteiger charge is -2.45. The van der Waals surface area contributed by atoms with Crippen LogP contribution in [0.4, 0.5) is 0 Å². The maximum absolute atomic E-state index is 11.8. The van der Waals surface area contributed by atoms with E-state index in [0.29, 0.717) is 5.92 Å². The quantitative estimate of drug-likeness (QED) is 0.738. The standard InChI is InChI=1S/C18H32N2O2/c1-13(21)20-9-8-18(14(12-20)10-16(2,3)4)11-15(19-22-18)17(5,6)7/h14H,8-12H2,1-7H3. The molecule has 2 aliphatic rings. The van der Waals surface area contributed by atoms with Gasteiger partial charge in [0, 0.05) is 44.2 Å². The van der Waals surface area contributed by atoms with Crippen LogP contribution in [-0.4, -0.2) is 35.2 Å². The van der Waals surface area contributed by atoms with E-state index >= 15 is 0 Å². The summed E-state index contributed by atoms with van der Waals surface area (Å²) in [4.78, 5) is 19.8. The molecule has 2 heterocycles. The molecule has 2 rings (SSSR count). The zero-order valence-corrected chi connectivity index (χ0v) is 15.3. The molecule has 0 saturated carbocycles. The lowest BCUT2D eigenvalue weighted by Crippen LogP contribution is -2.54. The van der Waals surface area contributed by atoms with Crippen LogP contribution in [0.2, 0.25) is 0 Å². The minimum absolute atomic E-state index is 0.0491. The zero-order chi connectivity index (χ0) is 16.8. The molecule has 1 amide bonds. The van der Waals surface area contributed by atoms with E-state index in [2.05, 4.69) is 46.7 Å². The van der Waals surface area contributed by atoms with E-state index in [1.165, 1.54) is 0 Å². The average molecular weight is 308 g/mol. The van der Waals surface area contributed by atoms with Crippen LogP contribution in [0.5, 0.6) is 0 Å². The molecule has 126 valence electrons. The topological polar surface area (TPSA) is 41.9 Å². The second-order valence-electron chi connectivity index (χ2n) is 9.30. The first kappa shape index (κ1) is 17.3. The van der Waals surface area contributed by atoms with Crippen molar-refractivity contribution < 1.29 is 9.63 Å². The van der Waals surface area contributed by atoms with Gasteiger partial charge in [0.2, 0.25) is 5.91 Å².